The number of methoxy groups -OCH3 is 1. The normalized spacial score (nSPS) is 11.0. The molecule has 0 aliphatic heterocycles. The van der Waals surface area contributed by atoms with E-state index in [1.807, 2.05) is 0 Å². The number of para-hydroxylation sites is 2. The number of anilines is 1. The number of halogens is 1. The lowest BCUT2D eigenvalue weighted by atomic mass is 10.3. The van der Waals surface area contributed by atoms with Crippen LogP contribution in [-0.2, 0) is 19.6 Å². The molecule has 0 unspecified atom stereocenters. The number of rotatable bonds is 7. The zero-order valence-corrected chi connectivity index (χ0v) is 16.2. The Labute approximate surface area is 155 Å². The molecule has 6 nitrogen and oxygen atoms in total. The number of hydrogen-bond acceptors (Lipinski definition) is 5. The molecule has 0 atom stereocenters. The summed E-state index contributed by atoms with van der Waals surface area (Å²) >= 11 is 3.28. The molecule has 2 aromatic carbocycles. The van der Waals surface area contributed by atoms with Crippen LogP contribution in [0.2, 0.25) is 0 Å². The van der Waals surface area contributed by atoms with Crippen LogP contribution in [0.1, 0.15) is 6.92 Å². The molecule has 0 saturated carbocycles. The van der Waals surface area contributed by atoms with E-state index in [1.54, 1.807) is 43.3 Å². The summed E-state index contributed by atoms with van der Waals surface area (Å²) < 4.78 is 38.1. The van der Waals surface area contributed by atoms with Crippen molar-refractivity contribution in [3.8, 4) is 5.75 Å². The number of esters is 1. The van der Waals surface area contributed by atoms with Gasteiger partial charge in [0.1, 0.15) is 12.3 Å². The van der Waals surface area contributed by atoms with Gasteiger partial charge in [-0.05, 0) is 43.3 Å². The van der Waals surface area contributed by atoms with Gasteiger partial charge in [0, 0.05) is 4.47 Å². The summed E-state index contributed by atoms with van der Waals surface area (Å²) in [5.41, 5.74) is 0.276. The highest BCUT2D eigenvalue weighted by Crippen LogP contribution is 2.32. The minimum Gasteiger partial charge on any atom is -0.492 e. The molecule has 0 N–H and O–H groups in total. The van der Waals surface area contributed by atoms with Crippen molar-refractivity contribution in [3.63, 3.8) is 0 Å². The van der Waals surface area contributed by atoms with Gasteiger partial charge in [-0.3, -0.25) is 9.10 Å². The molecule has 2 aromatic rings. The Morgan fingerprint density at radius 1 is 1.12 bits per heavy atom. The second-order valence-electron chi connectivity index (χ2n) is 4.94. The van der Waals surface area contributed by atoms with Gasteiger partial charge in [0.25, 0.3) is 10.0 Å². The van der Waals surface area contributed by atoms with Gasteiger partial charge in [0.15, 0.2) is 0 Å². The number of carbonyl (C=O) groups excluding carboxylic acids is 1. The Morgan fingerprint density at radius 3 is 2.36 bits per heavy atom. The van der Waals surface area contributed by atoms with Gasteiger partial charge in [-0.25, -0.2) is 8.42 Å². The first-order valence-corrected chi connectivity index (χ1v) is 9.70. The van der Waals surface area contributed by atoms with Crippen molar-refractivity contribution < 1.29 is 22.7 Å². The fourth-order valence-corrected chi connectivity index (χ4v) is 3.84. The van der Waals surface area contributed by atoms with Crippen molar-refractivity contribution in [2.45, 2.75) is 11.8 Å². The summed E-state index contributed by atoms with van der Waals surface area (Å²) in [6.07, 6.45) is 0. The topological polar surface area (TPSA) is 72.9 Å². The number of nitrogens with zero attached hydrogens (tertiary/aromatic N) is 1. The SMILES string of the molecule is CCOc1ccccc1N(CC(=O)OC)S(=O)(=O)c1ccc(Br)cc1. The summed E-state index contributed by atoms with van der Waals surface area (Å²) in [7, 11) is -2.78. The molecule has 0 aromatic heterocycles. The molecule has 0 aliphatic carbocycles. The van der Waals surface area contributed by atoms with E-state index in [4.69, 9.17) is 4.74 Å². The third-order valence-electron chi connectivity index (χ3n) is 3.34. The highest BCUT2D eigenvalue weighted by molar-refractivity contribution is 9.10. The molecule has 0 radical (unpaired) electrons. The maximum Gasteiger partial charge on any atom is 0.326 e. The summed E-state index contributed by atoms with van der Waals surface area (Å²) in [6.45, 7) is 1.70. The van der Waals surface area contributed by atoms with Crippen LogP contribution in [0, 0.1) is 0 Å². The van der Waals surface area contributed by atoms with E-state index in [1.165, 1.54) is 19.2 Å². The van der Waals surface area contributed by atoms with Gasteiger partial charge < -0.3 is 9.47 Å². The second-order valence-corrected chi connectivity index (χ2v) is 7.72. The fraction of sp³-hybridized carbons (Fsp3) is 0.235. The molecule has 25 heavy (non-hydrogen) atoms. The van der Waals surface area contributed by atoms with E-state index in [2.05, 4.69) is 20.7 Å². The molecule has 0 spiro atoms. The number of benzene rings is 2. The zero-order valence-electron chi connectivity index (χ0n) is 13.8. The Morgan fingerprint density at radius 2 is 1.76 bits per heavy atom. The quantitative estimate of drug-likeness (QED) is 0.634. The number of carbonyl (C=O) groups is 1. The Balaban J connectivity index is 2.56. The molecular formula is C17H18BrNO5S. The number of ether oxygens (including phenoxy) is 2. The maximum absolute atomic E-state index is 13.1. The van der Waals surface area contributed by atoms with Crippen LogP contribution in [0.3, 0.4) is 0 Å². The lowest BCUT2D eigenvalue weighted by molar-refractivity contribution is -0.138. The summed E-state index contributed by atoms with van der Waals surface area (Å²) in [5.74, 6) is -0.304. The summed E-state index contributed by atoms with van der Waals surface area (Å²) in [6, 6.07) is 12.8. The second kappa shape index (κ2) is 8.35. The first kappa shape index (κ1) is 19.3. The molecule has 0 bridgehead atoms. The summed E-state index contributed by atoms with van der Waals surface area (Å²) in [5, 5.41) is 0. The van der Waals surface area contributed by atoms with Crippen LogP contribution in [0.25, 0.3) is 0 Å². The van der Waals surface area contributed by atoms with Crippen LogP contribution >= 0.6 is 15.9 Å². The minimum absolute atomic E-state index is 0.0610. The fourth-order valence-electron chi connectivity index (χ4n) is 2.16. The smallest absolute Gasteiger partial charge is 0.326 e. The Hall–Kier alpha value is -2.06. The standard InChI is InChI=1S/C17H18BrNO5S/c1-3-24-16-7-5-4-6-15(16)19(12-17(20)23-2)25(21,22)14-10-8-13(18)9-11-14/h4-11H,3,12H2,1-2H3. The highest BCUT2D eigenvalue weighted by Gasteiger charge is 2.29. The van der Waals surface area contributed by atoms with E-state index in [-0.39, 0.29) is 10.6 Å². The molecule has 0 saturated heterocycles. The van der Waals surface area contributed by atoms with Crippen molar-refractivity contribution in [2.24, 2.45) is 0 Å². The molecule has 0 fully saturated rings. The summed E-state index contributed by atoms with van der Waals surface area (Å²) in [4.78, 5) is 11.9. The Bertz CT molecular complexity index is 836. The molecule has 0 amide bonds. The van der Waals surface area contributed by atoms with Gasteiger partial charge in [-0.15, -0.1) is 0 Å². The van der Waals surface area contributed by atoms with E-state index < -0.39 is 22.5 Å². The molecule has 134 valence electrons. The van der Waals surface area contributed by atoms with Gasteiger partial charge in [-0.1, -0.05) is 28.1 Å². The van der Waals surface area contributed by atoms with Crippen molar-refractivity contribution in [1.29, 1.82) is 0 Å². The lowest BCUT2D eigenvalue weighted by Gasteiger charge is -2.25. The van der Waals surface area contributed by atoms with Gasteiger partial charge in [0.05, 0.1) is 24.3 Å². The van der Waals surface area contributed by atoms with Crippen molar-refractivity contribution >= 4 is 37.6 Å². The molecular weight excluding hydrogens is 410 g/mol. The van der Waals surface area contributed by atoms with Gasteiger partial charge >= 0.3 is 5.97 Å². The van der Waals surface area contributed by atoms with Crippen LogP contribution in [0.15, 0.2) is 57.9 Å². The van der Waals surface area contributed by atoms with Crippen LogP contribution < -0.4 is 9.04 Å². The average Bonchev–Trinajstić information content (AvgIpc) is 2.60. The first-order chi connectivity index (χ1) is 11.9. The Kier molecular flexibility index (Phi) is 6.44. The van der Waals surface area contributed by atoms with E-state index in [0.29, 0.717) is 12.4 Å². The minimum atomic E-state index is -3.99. The van der Waals surface area contributed by atoms with Crippen LogP contribution in [0.4, 0.5) is 5.69 Å². The first-order valence-electron chi connectivity index (χ1n) is 7.47. The number of hydrogen-bond donors (Lipinski definition) is 0. The third-order valence-corrected chi connectivity index (χ3v) is 5.64. The molecule has 0 heterocycles. The van der Waals surface area contributed by atoms with Crippen molar-refractivity contribution in [1.82, 2.24) is 0 Å². The molecule has 8 heteroatoms. The maximum atomic E-state index is 13.1. The predicted octanol–water partition coefficient (Wildman–Crippen LogP) is 3.22. The third kappa shape index (κ3) is 4.52. The van der Waals surface area contributed by atoms with Gasteiger partial charge in [-0.2, -0.15) is 0 Å². The lowest BCUT2D eigenvalue weighted by Crippen LogP contribution is -2.36. The van der Waals surface area contributed by atoms with Crippen LogP contribution in [-0.4, -0.2) is 34.6 Å². The van der Waals surface area contributed by atoms with Crippen LogP contribution in [0.5, 0.6) is 5.75 Å². The van der Waals surface area contributed by atoms with E-state index >= 15 is 0 Å². The number of sulfonamides is 1. The van der Waals surface area contributed by atoms with E-state index in [9.17, 15) is 13.2 Å². The molecule has 0 aliphatic rings. The van der Waals surface area contributed by atoms with Gasteiger partial charge in [0.2, 0.25) is 0 Å². The van der Waals surface area contributed by atoms with Crippen molar-refractivity contribution in [3.05, 3.63) is 53.0 Å². The monoisotopic (exact) mass is 427 g/mol. The predicted molar refractivity (Wildman–Crippen MR) is 98.3 cm³/mol. The largest absolute Gasteiger partial charge is 0.492 e. The van der Waals surface area contributed by atoms with E-state index in [0.717, 1.165) is 8.78 Å². The van der Waals surface area contributed by atoms with Crippen molar-refractivity contribution in [2.75, 3.05) is 24.6 Å². The molecule has 2 rings (SSSR count). The highest BCUT2D eigenvalue weighted by atomic mass is 79.9. The zero-order chi connectivity index (χ0) is 18.4. The average molecular weight is 428 g/mol.